The molecule has 190 valence electrons. The molecule has 37 heavy (non-hydrogen) atoms. The van der Waals surface area contributed by atoms with Crippen LogP contribution in [0.5, 0.6) is 0 Å². The highest BCUT2D eigenvalue weighted by atomic mass is 16.5. The molecule has 4 aromatic rings. The van der Waals surface area contributed by atoms with E-state index in [1.807, 2.05) is 37.3 Å². The molecule has 0 radical (unpaired) electrons. The van der Waals surface area contributed by atoms with Crippen LogP contribution in [0.3, 0.4) is 0 Å². The van der Waals surface area contributed by atoms with Gasteiger partial charge < -0.3 is 9.47 Å². The van der Waals surface area contributed by atoms with Crippen molar-refractivity contribution >= 4 is 39.2 Å². The summed E-state index contributed by atoms with van der Waals surface area (Å²) in [5, 5.41) is 11.0. The summed E-state index contributed by atoms with van der Waals surface area (Å²) in [7, 11) is 2.56. The number of esters is 2. The van der Waals surface area contributed by atoms with Gasteiger partial charge in [0.05, 0.1) is 36.4 Å². The minimum Gasteiger partial charge on any atom is -0.467 e. The normalized spacial score (nSPS) is 13.4. The van der Waals surface area contributed by atoms with E-state index in [9.17, 15) is 19.2 Å². The molecular weight excluding hydrogens is 476 g/mol. The van der Waals surface area contributed by atoms with Gasteiger partial charge in [0.15, 0.2) is 5.54 Å². The number of carbonyl (C=O) groups excluding carboxylic acids is 2. The Labute approximate surface area is 211 Å². The minimum atomic E-state index is -0.888. The number of hydrogen-bond acceptors (Lipinski definition) is 8. The van der Waals surface area contributed by atoms with E-state index in [2.05, 4.69) is 21.5 Å². The molecule has 2 heterocycles. The van der Waals surface area contributed by atoms with E-state index < -0.39 is 17.5 Å². The Bertz CT molecular complexity index is 1680. The molecule has 1 fully saturated rings. The van der Waals surface area contributed by atoms with Gasteiger partial charge in [0, 0.05) is 10.8 Å². The summed E-state index contributed by atoms with van der Waals surface area (Å²) < 4.78 is 11.6. The van der Waals surface area contributed by atoms with Gasteiger partial charge in [0.25, 0.3) is 11.1 Å². The third-order valence-electron chi connectivity index (χ3n) is 6.35. The Balaban J connectivity index is 0.000000173. The van der Waals surface area contributed by atoms with Crippen molar-refractivity contribution in [2.24, 2.45) is 0 Å². The first-order valence-corrected chi connectivity index (χ1v) is 11.5. The molecule has 0 amide bonds. The van der Waals surface area contributed by atoms with Crippen molar-refractivity contribution in [2.75, 3.05) is 14.2 Å². The summed E-state index contributed by atoms with van der Waals surface area (Å²) in [6.45, 7) is 7.14. The fourth-order valence-electron chi connectivity index (χ4n) is 4.19. The average molecular weight is 503 g/mol. The zero-order chi connectivity index (χ0) is 26.9. The predicted molar refractivity (Wildman–Crippen MR) is 138 cm³/mol. The standard InChI is InChI=1S/C14H14N2O3.C13H12N2O3/c1-9-10-5-3-4-6-11(10)12(17)16(15-9)14(7-8-14)13(18)19-2;1-8-10-6-4-5-7-11(10)12(16)15(14-8)9(2)13(17)18-3/h3-6H,7-8H2,1-2H3;4-7H,2H2,1,3H3. The maximum absolute atomic E-state index is 12.5. The third-order valence-corrected chi connectivity index (χ3v) is 6.35. The number of rotatable bonds is 4. The van der Waals surface area contributed by atoms with Crippen LogP contribution in [0, 0.1) is 13.8 Å². The highest BCUT2D eigenvalue weighted by Crippen LogP contribution is 2.43. The van der Waals surface area contributed by atoms with Crippen LogP contribution < -0.4 is 11.1 Å². The molecule has 2 aromatic carbocycles. The Kier molecular flexibility index (Phi) is 6.76. The van der Waals surface area contributed by atoms with Crippen molar-refractivity contribution in [3.63, 3.8) is 0 Å². The SMILES string of the molecule is C=C(C(=O)OC)n1nc(C)c2ccccc2c1=O.COC(=O)C1(n2nc(C)c3ccccc3c2=O)CC1. The lowest BCUT2D eigenvalue weighted by Crippen LogP contribution is -2.39. The molecule has 0 saturated heterocycles. The monoisotopic (exact) mass is 502 g/mol. The van der Waals surface area contributed by atoms with Crippen LogP contribution in [0.25, 0.3) is 27.2 Å². The van der Waals surface area contributed by atoms with Gasteiger partial charge in [-0.2, -0.15) is 14.9 Å². The largest absolute Gasteiger partial charge is 0.467 e. The number of methoxy groups -OCH3 is 2. The number of ether oxygens (including phenoxy) is 2. The summed E-state index contributed by atoms with van der Waals surface area (Å²) in [6, 6.07) is 14.4. The Morgan fingerprint density at radius 2 is 1.30 bits per heavy atom. The van der Waals surface area contributed by atoms with Gasteiger partial charge in [0.1, 0.15) is 5.70 Å². The van der Waals surface area contributed by atoms with E-state index in [1.165, 1.54) is 18.9 Å². The van der Waals surface area contributed by atoms with Crippen molar-refractivity contribution in [2.45, 2.75) is 32.2 Å². The molecule has 1 aliphatic rings. The van der Waals surface area contributed by atoms with E-state index >= 15 is 0 Å². The van der Waals surface area contributed by atoms with Gasteiger partial charge in [-0.15, -0.1) is 0 Å². The quantitative estimate of drug-likeness (QED) is 0.308. The van der Waals surface area contributed by atoms with E-state index in [-0.39, 0.29) is 16.8 Å². The number of hydrogen-bond donors (Lipinski definition) is 0. The Hall–Kier alpha value is -4.60. The number of fused-ring (bicyclic) bond motifs is 2. The van der Waals surface area contributed by atoms with Crippen LogP contribution in [-0.4, -0.2) is 45.7 Å². The minimum absolute atomic E-state index is 0.101. The Morgan fingerprint density at radius 1 is 0.811 bits per heavy atom. The molecule has 10 heteroatoms. The summed E-state index contributed by atoms with van der Waals surface area (Å²) in [6.07, 6.45) is 1.20. The molecule has 0 atom stereocenters. The molecule has 5 rings (SSSR count). The zero-order valence-corrected chi connectivity index (χ0v) is 21.0. The summed E-state index contributed by atoms with van der Waals surface area (Å²) in [4.78, 5) is 47.9. The van der Waals surface area contributed by atoms with Crippen molar-refractivity contribution < 1.29 is 19.1 Å². The highest BCUT2D eigenvalue weighted by molar-refractivity contribution is 6.09. The highest BCUT2D eigenvalue weighted by Gasteiger charge is 2.55. The molecule has 0 N–H and O–H groups in total. The lowest BCUT2D eigenvalue weighted by Gasteiger charge is -2.16. The zero-order valence-electron chi connectivity index (χ0n) is 21.0. The molecule has 0 spiro atoms. The van der Waals surface area contributed by atoms with Crippen LogP contribution in [0.15, 0.2) is 64.7 Å². The second-order valence-electron chi connectivity index (χ2n) is 8.66. The lowest BCUT2D eigenvalue weighted by atomic mass is 10.1. The maximum Gasteiger partial charge on any atom is 0.356 e. The molecule has 2 aromatic heterocycles. The van der Waals surface area contributed by atoms with E-state index in [4.69, 9.17) is 4.74 Å². The summed E-state index contributed by atoms with van der Waals surface area (Å²) in [5.74, 6) is -1.07. The van der Waals surface area contributed by atoms with Crippen molar-refractivity contribution in [1.29, 1.82) is 0 Å². The predicted octanol–water partition coefficient (Wildman–Crippen LogP) is 2.72. The fraction of sp³-hybridized carbons (Fsp3) is 0.259. The van der Waals surface area contributed by atoms with Crippen LogP contribution in [0.1, 0.15) is 24.2 Å². The summed E-state index contributed by atoms with van der Waals surface area (Å²) in [5.41, 5.74) is -0.214. The number of aromatic nitrogens is 4. The topological polar surface area (TPSA) is 122 Å². The van der Waals surface area contributed by atoms with E-state index in [1.54, 1.807) is 25.1 Å². The van der Waals surface area contributed by atoms with Crippen LogP contribution in [-0.2, 0) is 24.6 Å². The second kappa shape index (κ2) is 9.81. The molecule has 10 nitrogen and oxygen atoms in total. The first kappa shape index (κ1) is 25.5. The summed E-state index contributed by atoms with van der Waals surface area (Å²) >= 11 is 0. The smallest absolute Gasteiger partial charge is 0.356 e. The number of aryl methyl sites for hydroxylation is 2. The van der Waals surface area contributed by atoms with Gasteiger partial charge in [0.2, 0.25) is 0 Å². The van der Waals surface area contributed by atoms with Gasteiger partial charge >= 0.3 is 11.9 Å². The Morgan fingerprint density at radius 3 is 1.78 bits per heavy atom. The lowest BCUT2D eigenvalue weighted by molar-refractivity contribution is -0.146. The second-order valence-corrected chi connectivity index (χ2v) is 8.66. The van der Waals surface area contributed by atoms with Crippen molar-refractivity contribution in [3.8, 4) is 0 Å². The molecule has 1 aliphatic carbocycles. The van der Waals surface area contributed by atoms with Crippen LogP contribution >= 0.6 is 0 Å². The number of carbonyl (C=O) groups is 2. The first-order valence-electron chi connectivity index (χ1n) is 11.5. The van der Waals surface area contributed by atoms with Gasteiger partial charge in [-0.25, -0.2) is 14.3 Å². The maximum atomic E-state index is 12.5. The van der Waals surface area contributed by atoms with Crippen LogP contribution in [0.4, 0.5) is 0 Å². The van der Waals surface area contributed by atoms with Gasteiger partial charge in [-0.3, -0.25) is 9.59 Å². The average Bonchev–Trinajstić information content (AvgIpc) is 3.74. The molecule has 0 bridgehead atoms. The molecule has 0 unspecified atom stereocenters. The van der Waals surface area contributed by atoms with E-state index in [0.29, 0.717) is 29.3 Å². The fourth-order valence-corrected chi connectivity index (χ4v) is 4.19. The third kappa shape index (κ3) is 4.42. The first-order chi connectivity index (χ1) is 17.7. The molecule has 1 saturated carbocycles. The molecule has 0 aliphatic heterocycles. The van der Waals surface area contributed by atoms with Crippen LogP contribution in [0.2, 0.25) is 0 Å². The van der Waals surface area contributed by atoms with E-state index in [0.717, 1.165) is 21.1 Å². The van der Waals surface area contributed by atoms with Crippen molar-refractivity contribution in [3.05, 3.63) is 87.2 Å². The van der Waals surface area contributed by atoms with Crippen molar-refractivity contribution in [1.82, 2.24) is 19.6 Å². The van der Waals surface area contributed by atoms with Gasteiger partial charge in [-0.05, 0) is 38.8 Å². The van der Waals surface area contributed by atoms with Gasteiger partial charge in [-0.1, -0.05) is 43.0 Å². The number of benzene rings is 2. The number of nitrogens with zero attached hydrogens (tertiary/aromatic N) is 4. The molecular formula is C27H26N4O6.